The second kappa shape index (κ2) is 37.2. The van der Waals surface area contributed by atoms with Crippen LogP contribution in [0, 0.1) is 40.8 Å². The first kappa shape index (κ1) is 44.1. The van der Waals surface area contributed by atoms with Crippen LogP contribution in [0.1, 0.15) is 194 Å². The quantitative estimate of drug-likeness (QED) is 0.0416. The van der Waals surface area contributed by atoms with E-state index in [4.69, 9.17) is 4.52 Å². The van der Waals surface area contributed by atoms with E-state index in [9.17, 15) is 9.46 Å². The van der Waals surface area contributed by atoms with Gasteiger partial charge in [-0.05, 0) is 64.2 Å². The summed E-state index contributed by atoms with van der Waals surface area (Å²) in [6.45, 7) is 4.98. The molecule has 0 radical (unpaired) electrons. The maximum absolute atomic E-state index is 12.2. The van der Waals surface area contributed by atoms with Crippen molar-refractivity contribution in [3.05, 3.63) is 24.3 Å². The Morgan fingerprint density at radius 1 is 0.463 bits per heavy atom. The number of allylic oxidation sites excluding steroid dienone is 4. The number of hydrogen-bond donors (Lipinski definition) is 1. The van der Waals surface area contributed by atoms with Crippen LogP contribution >= 0.6 is 7.60 Å². The van der Waals surface area contributed by atoms with E-state index >= 15 is 0 Å². The summed E-state index contributed by atoms with van der Waals surface area (Å²) in [5, 5.41) is 0. The molecule has 242 valence electrons. The molecule has 1 N–H and O–H groups in total. The Morgan fingerprint density at radius 3 is 1.12 bits per heavy atom. The zero-order valence-electron chi connectivity index (χ0n) is 27.7. The topological polar surface area (TPSA) is 46.5 Å². The average molecular weight is 727 g/mol. The second-order valence-electron chi connectivity index (χ2n) is 12.1. The molecule has 0 saturated heterocycles. The summed E-state index contributed by atoms with van der Waals surface area (Å²) >= 11 is 0. The van der Waals surface area contributed by atoms with Gasteiger partial charge in [0, 0.05) is 47.0 Å². The van der Waals surface area contributed by atoms with Crippen LogP contribution in [0.25, 0.3) is 0 Å². The number of hydrogen-bond acceptors (Lipinski definition) is 2. The molecular weight excluding hydrogens is 656 g/mol. The zero-order valence-corrected chi connectivity index (χ0v) is 31.8. The summed E-state index contributed by atoms with van der Waals surface area (Å²) in [5.41, 5.74) is 0. The van der Waals surface area contributed by atoms with Gasteiger partial charge in [-0.2, -0.15) is 0 Å². The third kappa shape index (κ3) is 39.0. The van der Waals surface area contributed by atoms with E-state index in [0.717, 1.165) is 32.1 Å². The fourth-order valence-electron chi connectivity index (χ4n) is 5.18. The molecule has 41 heavy (non-hydrogen) atoms. The van der Waals surface area contributed by atoms with Crippen molar-refractivity contribution in [3.8, 4) is 0 Å². The van der Waals surface area contributed by atoms with Crippen molar-refractivity contribution in [2.45, 2.75) is 194 Å². The molecule has 1 atom stereocenters. The molecule has 0 spiro atoms. The molecule has 0 amide bonds. The first-order chi connectivity index (χ1) is 19.6. The predicted molar refractivity (Wildman–Crippen MR) is 180 cm³/mol. The Morgan fingerprint density at radius 2 is 0.756 bits per heavy atom. The molecule has 0 aromatic carbocycles. The van der Waals surface area contributed by atoms with Gasteiger partial charge in [-0.1, -0.05) is 154 Å². The van der Waals surface area contributed by atoms with Gasteiger partial charge >= 0.3 is 7.60 Å². The summed E-state index contributed by atoms with van der Waals surface area (Å²) in [4.78, 5) is 10.1. The van der Waals surface area contributed by atoms with Crippen molar-refractivity contribution >= 4 is 7.60 Å². The molecule has 0 aliphatic rings. The van der Waals surface area contributed by atoms with Gasteiger partial charge in [0.2, 0.25) is 0 Å². The van der Waals surface area contributed by atoms with Crippen LogP contribution in [0.2, 0.25) is 0 Å². The minimum atomic E-state index is -3.39. The van der Waals surface area contributed by atoms with Gasteiger partial charge in [0.05, 0.1) is 6.61 Å². The van der Waals surface area contributed by atoms with Gasteiger partial charge in [0.15, 0.2) is 0 Å². The fourth-order valence-corrected chi connectivity index (χ4v) is 6.35. The van der Waals surface area contributed by atoms with Gasteiger partial charge in [0.1, 0.15) is 0 Å². The van der Waals surface area contributed by atoms with E-state index in [0.29, 0.717) is 12.8 Å². The number of rotatable bonds is 33. The van der Waals surface area contributed by atoms with Gasteiger partial charge < -0.3 is 9.42 Å². The van der Waals surface area contributed by atoms with Gasteiger partial charge in [-0.25, -0.2) is 0 Å². The van der Waals surface area contributed by atoms with E-state index in [1.165, 1.54) is 148 Å². The molecule has 1 unspecified atom stereocenters. The van der Waals surface area contributed by atoms with Crippen LogP contribution in [0.4, 0.5) is 0 Å². The minimum absolute atomic E-state index is 0. The van der Waals surface area contributed by atoms with Crippen LogP contribution < -0.4 is 0 Å². The molecule has 0 aliphatic carbocycles. The number of unbranched alkanes of at least 4 members (excludes halogenated alkanes) is 24. The Kier molecular flexibility index (Phi) is 40.0. The molecular formula is C36H71NdO3P. The van der Waals surface area contributed by atoms with E-state index in [1.54, 1.807) is 0 Å². The van der Waals surface area contributed by atoms with Crippen LogP contribution in [0.3, 0.4) is 0 Å². The molecule has 0 fully saturated rings. The molecule has 3 nitrogen and oxygen atoms in total. The molecule has 0 rings (SSSR count). The Bertz CT molecular complexity index is 593. The summed E-state index contributed by atoms with van der Waals surface area (Å²) in [7, 11) is -3.39. The van der Waals surface area contributed by atoms with Crippen LogP contribution in [0.5, 0.6) is 0 Å². The predicted octanol–water partition coefficient (Wildman–Crippen LogP) is 13.3. The van der Waals surface area contributed by atoms with Crippen molar-refractivity contribution in [3.63, 3.8) is 0 Å². The summed E-state index contributed by atoms with van der Waals surface area (Å²) in [6, 6.07) is 0. The summed E-state index contributed by atoms with van der Waals surface area (Å²) in [6.07, 6.45) is 45.0. The molecule has 5 heteroatoms. The van der Waals surface area contributed by atoms with Gasteiger partial charge in [-0.15, -0.1) is 0 Å². The molecule has 0 aliphatic heterocycles. The third-order valence-electron chi connectivity index (χ3n) is 7.90. The van der Waals surface area contributed by atoms with Crippen LogP contribution in [-0.2, 0) is 9.09 Å². The Balaban J connectivity index is 0. The molecule has 0 heterocycles. The minimum Gasteiger partial charge on any atom is -0.324 e. The zero-order chi connectivity index (χ0) is 29.2. The molecule has 0 aromatic heterocycles. The van der Waals surface area contributed by atoms with E-state index in [1.807, 2.05) is 0 Å². The summed E-state index contributed by atoms with van der Waals surface area (Å²) < 4.78 is 17.6. The van der Waals surface area contributed by atoms with E-state index in [2.05, 4.69) is 38.2 Å². The maximum atomic E-state index is 12.2. The average Bonchev–Trinajstić information content (AvgIpc) is 2.94. The van der Waals surface area contributed by atoms with E-state index in [-0.39, 0.29) is 40.8 Å². The first-order valence-corrected chi connectivity index (χ1v) is 19.6. The van der Waals surface area contributed by atoms with Crippen molar-refractivity contribution in [1.82, 2.24) is 0 Å². The monoisotopic (exact) mass is 724 g/mol. The summed E-state index contributed by atoms with van der Waals surface area (Å²) in [5.74, 6) is 0. The van der Waals surface area contributed by atoms with Crippen molar-refractivity contribution in [2.75, 3.05) is 12.8 Å². The van der Waals surface area contributed by atoms with Crippen LogP contribution in [0.15, 0.2) is 24.3 Å². The van der Waals surface area contributed by atoms with Crippen molar-refractivity contribution in [2.24, 2.45) is 0 Å². The Labute approximate surface area is 291 Å². The second-order valence-corrected chi connectivity index (χ2v) is 14.1. The fraction of sp³-hybridized carbons (Fsp3) is 0.889. The smallest absolute Gasteiger partial charge is 0.324 e. The Hall–Kier alpha value is 0.981. The standard InChI is InChI=1S/C36H71O3P.Nd/c1-3-5-7-9-11-13-15-17-19-21-23-25-27-29-31-33-35-39-40(37,38)36-34-32-30-28-26-24-22-20-18-16-14-12-10-8-6-4-2;/h17-20H,3-16,21-36H2,1-2H3,(H,37,38);/b19-17-,20-18-;. The molecule has 0 bridgehead atoms. The largest absolute Gasteiger partial charge is 0.328 e. The maximum Gasteiger partial charge on any atom is 0.328 e. The van der Waals surface area contributed by atoms with Gasteiger partial charge in [-0.3, -0.25) is 4.57 Å². The van der Waals surface area contributed by atoms with Crippen molar-refractivity contribution in [1.29, 1.82) is 0 Å². The van der Waals surface area contributed by atoms with Crippen LogP contribution in [-0.4, -0.2) is 17.7 Å². The SMILES string of the molecule is CCCCCCCC/C=C\CCCCCCCCOP(=O)(O)CCCCCCCC/C=C\CCCCCCCC.[Nd]. The molecule has 0 saturated carbocycles. The normalized spacial score (nSPS) is 13.2. The first-order valence-electron chi connectivity index (χ1n) is 17.9. The van der Waals surface area contributed by atoms with Crippen molar-refractivity contribution < 1.29 is 54.8 Å². The van der Waals surface area contributed by atoms with E-state index < -0.39 is 7.60 Å². The van der Waals surface area contributed by atoms with Gasteiger partial charge in [0.25, 0.3) is 0 Å². The molecule has 0 aromatic rings. The third-order valence-corrected chi connectivity index (χ3v) is 9.37.